The van der Waals surface area contributed by atoms with Gasteiger partial charge in [0.15, 0.2) is 0 Å². The van der Waals surface area contributed by atoms with Crippen molar-refractivity contribution >= 4 is 5.91 Å². The molecule has 0 unspecified atom stereocenters. The van der Waals surface area contributed by atoms with Gasteiger partial charge in [-0.3, -0.25) is 14.5 Å². The lowest BCUT2D eigenvalue weighted by Crippen LogP contribution is -2.28. The normalized spacial score (nSPS) is 14.9. The number of pyridine rings is 1. The fourth-order valence-corrected chi connectivity index (χ4v) is 2.39. The highest BCUT2D eigenvalue weighted by atomic mass is 16.2. The average Bonchev–Trinajstić information content (AvgIpc) is 2.71. The van der Waals surface area contributed by atoms with Crippen LogP contribution < -0.4 is 0 Å². The molecule has 98 valence electrons. The smallest absolute Gasteiger partial charge is 0.219 e. The summed E-state index contributed by atoms with van der Waals surface area (Å²) in [5.41, 5.74) is 3.03. The van der Waals surface area contributed by atoms with E-state index in [0.717, 1.165) is 36.5 Å². The van der Waals surface area contributed by atoms with Crippen LogP contribution in [0.5, 0.6) is 0 Å². The third kappa shape index (κ3) is 2.36. The van der Waals surface area contributed by atoms with Crippen molar-refractivity contribution in [2.45, 2.75) is 26.4 Å². The molecule has 0 bridgehead atoms. The summed E-state index contributed by atoms with van der Waals surface area (Å²) in [6, 6.07) is 5.96. The van der Waals surface area contributed by atoms with Crippen molar-refractivity contribution in [2.24, 2.45) is 0 Å². The number of carbonyl (C=O) groups is 1. The zero-order chi connectivity index (χ0) is 13.2. The Kier molecular flexibility index (Phi) is 3.03. The molecule has 1 amide bonds. The van der Waals surface area contributed by atoms with Crippen molar-refractivity contribution in [2.75, 3.05) is 6.54 Å². The Labute approximate surface area is 111 Å². The molecule has 0 aliphatic carbocycles. The molecule has 19 heavy (non-hydrogen) atoms. The van der Waals surface area contributed by atoms with E-state index in [-0.39, 0.29) is 5.91 Å². The van der Waals surface area contributed by atoms with Crippen LogP contribution in [0.1, 0.15) is 19.0 Å². The molecule has 5 heteroatoms. The maximum absolute atomic E-state index is 11.5. The van der Waals surface area contributed by atoms with E-state index in [1.807, 2.05) is 27.9 Å². The van der Waals surface area contributed by atoms with Crippen molar-refractivity contribution in [1.29, 1.82) is 0 Å². The topological polar surface area (TPSA) is 51.0 Å². The second kappa shape index (κ2) is 4.84. The van der Waals surface area contributed by atoms with Gasteiger partial charge in [0, 0.05) is 38.0 Å². The Morgan fingerprint density at radius 2 is 2.26 bits per heavy atom. The lowest BCUT2D eigenvalue weighted by atomic mass is 10.2. The molecule has 5 nitrogen and oxygen atoms in total. The fraction of sp³-hybridized carbons (Fsp3) is 0.357. The predicted molar refractivity (Wildman–Crippen MR) is 71.2 cm³/mol. The molecular formula is C14H16N4O. The maximum atomic E-state index is 11.5. The predicted octanol–water partition coefficient (Wildman–Crippen LogP) is 1.70. The van der Waals surface area contributed by atoms with Crippen molar-refractivity contribution in [1.82, 2.24) is 19.7 Å². The first kappa shape index (κ1) is 11.9. The molecule has 0 spiro atoms. The molecule has 0 atom stereocenters. The van der Waals surface area contributed by atoms with E-state index in [1.54, 1.807) is 13.1 Å². The number of carbonyl (C=O) groups excluding carboxylic acids is 1. The van der Waals surface area contributed by atoms with Gasteiger partial charge in [0.25, 0.3) is 0 Å². The summed E-state index contributed by atoms with van der Waals surface area (Å²) in [5, 5.41) is 4.61. The summed E-state index contributed by atoms with van der Waals surface area (Å²) in [4.78, 5) is 17.5. The molecule has 0 aromatic carbocycles. The lowest BCUT2D eigenvalue weighted by Gasteiger charge is -2.17. The van der Waals surface area contributed by atoms with Crippen molar-refractivity contribution in [3.63, 3.8) is 0 Å². The van der Waals surface area contributed by atoms with E-state index in [9.17, 15) is 4.79 Å². The number of aromatic nitrogens is 3. The highest BCUT2D eigenvalue weighted by Gasteiger charge is 2.18. The van der Waals surface area contributed by atoms with Gasteiger partial charge in [-0.05, 0) is 24.6 Å². The SMILES string of the molecule is CC(=O)N1CCCn2nc(-c3cccnc3)cc2C1. The summed E-state index contributed by atoms with van der Waals surface area (Å²) >= 11 is 0. The summed E-state index contributed by atoms with van der Waals surface area (Å²) in [7, 11) is 0. The first-order chi connectivity index (χ1) is 9.24. The Morgan fingerprint density at radius 1 is 1.37 bits per heavy atom. The van der Waals surface area contributed by atoms with Crippen LogP contribution in [0, 0.1) is 0 Å². The Morgan fingerprint density at radius 3 is 3.00 bits per heavy atom. The minimum Gasteiger partial charge on any atom is -0.337 e. The molecule has 3 heterocycles. The van der Waals surface area contributed by atoms with E-state index in [0.29, 0.717) is 6.54 Å². The van der Waals surface area contributed by atoms with E-state index in [1.165, 1.54) is 0 Å². The summed E-state index contributed by atoms with van der Waals surface area (Å²) in [6.45, 7) is 3.93. The maximum Gasteiger partial charge on any atom is 0.219 e. The zero-order valence-corrected chi connectivity index (χ0v) is 10.9. The number of fused-ring (bicyclic) bond motifs is 1. The zero-order valence-electron chi connectivity index (χ0n) is 10.9. The van der Waals surface area contributed by atoms with Gasteiger partial charge >= 0.3 is 0 Å². The number of aryl methyl sites for hydroxylation is 1. The van der Waals surface area contributed by atoms with Gasteiger partial charge in [0.05, 0.1) is 17.9 Å². The number of nitrogens with zero attached hydrogens (tertiary/aromatic N) is 4. The number of amides is 1. The molecule has 2 aromatic heterocycles. The van der Waals surface area contributed by atoms with Crippen LogP contribution in [0.15, 0.2) is 30.6 Å². The molecule has 1 aliphatic rings. The van der Waals surface area contributed by atoms with E-state index in [2.05, 4.69) is 16.1 Å². The van der Waals surface area contributed by atoms with Crippen LogP contribution in [-0.2, 0) is 17.9 Å². The molecule has 2 aromatic rings. The summed E-state index contributed by atoms with van der Waals surface area (Å²) in [5.74, 6) is 0.123. The fourth-order valence-electron chi connectivity index (χ4n) is 2.39. The van der Waals surface area contributed by atoms with Crippen LogP contribution in [0.2, 0.25) is 0 Å². The van der Waals surface area contributed by atoms with Crippen molar-refractivity contribution in [3.8, 4) is 11.3 Å². The second-order valence-electron chi connectivity index (χ2n) is 4.78. The molecule has 1 aliphatic heterocycles. The molecule has 3 rings (SSSR count). The standard InChI is InChI=1S/C14H16N4O/c1-11(19)17-6-3-7-18-13(10-17)8-14(16-18)12-4-2-5-15-9-12/h2,4-5,8-9H,3,6-7,10H2,1H3. The number of hydrogen-bond donors (Lipinski definition) is 0. The average molecular weight is 256 g/mol. The first-order valence-corrected chi connectivity index (χ1v) is 6.46. The molecule has 0 radical (unpaired) electrons. The Hall–Kier alpha value is -2.17. The number of rotatable bonds is 1. The van der Waals surface area contributed by atoms with Gasteiger partial charge in [0.1, 0.15) is 0 Å². The first-order valence-electron chi connectivity index (χ1n) is 6.46. The van der Waals surface area contributed by atoms with Gasteiger partial charge in [-0.25, -0.2) is 0 Å². The molecule has 0 N–H and O–H groups in total. The third-order valence-corrected chi connectivity index (χ3v) is 3.42. The minimum atomic E-state index is 0.123. The summed E-state index contributed by atoms with van der Waals surface area (Å²) < 4.78 is 2.01. The quantitative estimate of drug-likeness (QED) is 0.780. The molecule has 0 saturated carbocycles. The van der Waals surface area contributed by atoms with Crippen LogP contribution in [0.3, 0.4) is 0 Å². The highest BCUT2D eigenvalue weighted by Crippen LogP contribution is 2.21. The largest absolute Gasteiger partial charge is 0.337 e. The van der Waals surface area contributed by atoms with E-state index in [4.69, 9.17) is 0 Å². The monoisotopic (exact) mass is 256 g/mol. The van der Waals surface area contributed by atoms with Crippen LogP contribution >= 0.6 is 0 Å². The van der Waals surface area contributed by atoms with E-state index < -0.39 is 0 Å². The highest BCUT2D eigenvalue weighted by molar-refractivity contribution is 5.73. The van der Waals surface area contributed by atoms with Crippen LogP contribution in [0.4, 0.5) is 0 Å². The second-order valence-corrected chi connectivity index (χ2v) is 4.78. The minimum absolute atomic E-state index is 0.123. The van der Waals surface area contributed by atoms with Gasteiger partial charge in [-0.2, -0.15) is 5.10 Å². The molecule has 0 fully saturated rings. The van der Waals surface area contributed by atoms with E-state index >= 15 is 0 Å². The van der Waals surface area contributed by atoms with Crippen molar-refractivity contribution in [3.05, 3.63) is 36.3 Å². The van der Waals surface area contributed by atoms with Crippen LogP contribution in [0.25, 0.3) is 11.3 Å². The van der Waals surface area contributed by atoms with Gasteiger partial charge in [-0.1, -0.05) is 0 Å². The van der Waals surface area contributed by atoms with Crippen molar-refractivity contribution < 1.29 is 4.79 Å². The van der Waals surface area contributed by atoms with Crippen LogP contribution in [-0.4, -0.2) is 32.1 Å². The molecule has 0 saturated heterocycles. The number of hydrogen-bond acceptors (Lipinski definition) is 3. The molecular weight excluding hydrogens is 240 g/mol. The van der Waals surface area contributed by atoms with Gasteiger partial charge in [-0.15, -0.1) is 0 Å². The van der Waals surface area contributed by atoms with Gasteiger partial charge < -0.3 is 4.90 Å². The third-order valence-electron chi connectivity index (χ3n) is 3.42. The van der Waals surface area contributed by atoms with Gasteiger partial charge in [0.2, 0.25) is 5.91 Å². The Bertz CT molecular complexity index is 591. The Balaban J connectivity index is 1.93. The lowest BCUT2D eigenvalue weighted by molar-refractivity contribution is -0.129. The summed E-state index contributed by atoms with van der Waals surface area (Å²) in [6.07, 6.45) is 4.51.